The molecule has 0 radical (unpaired) electrons. The molecule has 1 aromatic heterocycles. The molecule has 2 aromatic carbocycles. The van der Waals surface area contributed by atoms with Gasteiger partial charge in [-0.25, -0.2) is 9.78 Å². The molecule has 4 rings (SSSR count). The molecule has 8 nitrogen and oxygen atoms in total. The highest BCUT2D eigenvalue weighted by molar-refractivity contribution is 7.14. The Bertz CT molecular complexity index is 1340. The van der Waals surface area contributed by atoms with Crippen LogP contribution in [0.25, 0.3) is 11.3 Å². The molecule has 0 fully saturated rings. The third-order valence-corrected chi connectivity index (χ3v) is 6.59. The Morgan fingerprint density at radius 1 is 1.06 bits per heavy atom. The van der Waals surface area contributed by atoms with Gasteiger partial charge in [0.1, 0.15) is 11.7 Å². The second-order valence-electron chi connectivity index (χ2n) is 8.06. The van der Waals surface area contributed by atoms with Gasteiger partial charge in [-0.2, -0.15) is 0 Å². The van der Waals surface area contributed by atoms with Crippen LogP contribution in [-0.4, -0.2) is 42.0 Å². The van der Waals surface area contributed by atoms with Crippen molar-refractivity contribution in [2.24, 2.45) is 10.9 Å². The van der Waals surface area contributed by atoms with Crippen molar-refractivity contribution in [3.05, 3.63) is 70.7 Å². The highest BCUT2D eigenvalue weighted by Crippen LogP contribution is 2.41. The average molecular weight is 492 g/mol. The number of allylic oxidation sites excluding steroid dienone is 1. The Balaban J connectivity index is 1.69. The summed E-state index contributed by atoms with van der Waals surface area (Å²) in [5.41, 5.74) is 4.43. The number of aromatic nitrogens is 1. The number of hydrogen-bond donors (Lipinski definition) is 2. The van der Waals surface area contributed by atoms with Gasteiger partial charge < -0.3 is 19.9 Å². The molecule has 2 N–H and O–H groups in total. The van der Waals surface area contributed by atoms with Crippen molar-refractivity contribution < 1.29 is 24.2 Å². The average Bonchev–Trinajstić information content (AvgIpc) is 3.31. The summed E-state index contributed by atoms with van der Waals surface area (Å²) in [5, 5.41) is 15.6. The molecule has 35 heavy (non-hydrogen) atoms. The number of hydrogen-bond acceptors (Lipinski definition) is 9. The van der Waals surface area contributed by atoms with Gasteiger partial charge in [0.15, 0.2) is 5.13 Å². The summed E-state index contributed by atoms with van der Waals surface area (Å²) in [7, 11) is 2.63. The Kier molecular flexibility index (Phi) is 6.97. The number of nitrogens with one attached hydrogen (secondary N) is 1. The second kappa shape index (κ2) is 10.1. The van der Waals surface area contributed by atoms with E-state index in [0.717, 1.165) is 22.5 Å². The summed E-state index contributed by atoms with van der Waals surface area (Å²) in [6.07, 6.45) is 0. The molecule has 0 saturated heterocycles. The Labute approximate surface area is 207 Å². The third-order valence-electron chi connectivity index (χ3n) is 5.83. The maximum Gasteiger partial charge on any atom is 0.336 e. The Hall–Kier alpha value is -3.98. The quantitative estimate of drug-likeness (QED) is 0.464. The molecule has 1 aliphatic heterocycles. The standard InChI is InChI=1S/C26H25N3O5S/c1-14-21(24(31)33-3)23(22(15(2)27-14)25(32)34-4)17-8-5-9-18(11-17)28-26-29-20(13-35-26)16-7-6-10-19(30)12-16/h5-13,21,23,30H,1-4H3,(H,28,29). The van der Waals surface area contributed by atoms with E-state index in [1.54, 1.807) is 32.0 Å². The first-order valence-electron chi connectivity index (χ1n) is 10.9. The van der Waals surface area contributed by atoms with Crippen LogP contribution in [-0.2, 0) is 19.1 Å². The Morgan fingerprint density at radius 2 is 1.83 bits per heavy atom. The van der Waals surface area contributed by atoms with Crippen LogP contribution in [0.5, 0.6) is 5.75 Å². The van der Waals surface area contributed by atoms with E-state index in [1.807, 2.05) is 35.7 Å². The molecule has 0 saturated carbocycles. The topological polar surface area (TPSA) is 110 Å². The first kappa shape index (κ1) is 24.2. The zero-order valence-corrected chi connectivity index (χ0v) is 20.6. The third kappa shape index (κ3) is 4.95. The van der Waals surface area contributed by atoms with Crippen LogP contribution in [0.2, 0.25) is 0 Å². The maximum atomic E-state index is 12.7. The number of aliphatic imine (C=N–C) groups is 1. The normalized spacial score (nSPS) is 17.5. The van der Waals surface area contributed by atoms with Gasteiger partial charge in [0.2, 0.25) is 0 Å². The zero-order valence-electron chi connectivity index (χ0n) is 19.7. The van der Waals surface area contributed by atoms with Crippen molar-refractivity contribution in [1.29, 1.82) is 0 Å². The minimum absolute atomic E-state index is 0.175. The summed E-state index contributed by atoms with van der Waals surface area (Å²) in [6, 6.07) is 14.4. The summed E-state index contributed by atoms with van der Waals surface area (Å²) < 4.78 is 10.1. The number of phenols is 1. The summed E-state index contributed by atoms with van der Waals surface area (Å²) in [6.45, 7) is 3.49. The molecule has 180 valence electrons. The number of ether oxygens (including phenoxy) is 2. The Morgan fingerprint density at radius 3 is 2.54 bits per heavy atom. The van der Waals surface area contributed by atoms with Crippen molar-refractivity contribution in [3.63, 3.8) is 0 Å². The number of anilines is 2. The van der Waals surface area contributed by atoms with Gasteiger partial charge in [-0.3, -0.25) is 9.79 Å². The number of aromatic hydroxyl groups is 1. The van der Waals surface area contributed by atoms with E-state index in [1.165, 1.54) is 25.6 Å². The van der Waals surface area contributed by atoms with Crippen LogP contribution >= 0.6 is 11.3 Å². The number of phenolic OH excluding ortho intramolecular Hbond substituents is 1. The van der Waals surface area contributed by atoms with Gasteiger partial charge in [0.05, 0.1) is 25.5 Å². The van der Waals surface area contributed by atoms with Crippen molar-refractivity contribution in [3.8, 4) is 17.0 Å². The lowest BCUT2D eigenvalue weighted by Crippen LogP contribution is -2.36. The number of rotatable bonds is 6. The fourth-order valence-corrected chi connectivity index (χ4v) is 5.01. The highest BCUT2D eigenvalue weighted by atomic mass is 32.1. The minimum Gasteiger partial charge on any atom is -0.508 e. The predicted octanol–water partition coefficient (Wildman–Crippen LogP) is 5.05. The monoisotopic (exact) mass is 491 g/mol. The van der Waals surface area contributed by atoms with Gasteiger partial charge in [-0.15, -0.1) is 11.3 Å². The van der Waals surface area contributed by atoms with Crippen LogP contribution in [0.1, 0.15) is 25.3 Å². The van der Waals surface area contributed by atoms with E-state index in [2.05, 4.69) is 15.3 Å². The lowest BCUT2D eigenvalue weighted by atomic mass is 9.75. The van der Waals surface area contributed by atoms with E-state index < -0.39 is 23.8 Å². The van der Waals surface area contributed by atoms with E-state index in [0.29, 0.717) is 22.1 Å². The number of thiazole rings is 1. The number of nitrogens with zero attached hydrogens (tertiary/aromatic N) is 2. The SMILES string of the molecule is COC(=O)C1=C(C)N=C(C)C(C(=O)OC)C1c1cccc(Nc2nc(-c3cccc(O)c3)cs2)c1. The zero-order chi connectivity index (χ0) is 25.1. The minimum atomic E-state index is -0.759. The van der Waals surface area contributed by atoms with Crippen LogP contribution in [0.4, 0.5) is 10.8 Å². The number of benzene rings is 2. The van der Waals surface area contributed by atoms with Gasteiger partial charge in [0.25, 0.3) is 0 Å². The lowest BCUT2D eigenvalue weighted by molar-refractivity contribution is -0.143. The van der Waals surface area contributed by atoms with E-state index >= 15 is 0 Å². The summed E-state index contributed by atoms with van der Waals surface area (Å²) >= 11 is 1.42. The molecule has 2 unspecified atom stereocenters. The second-order valence-corrected chi connectivity index (χ2v) is 8.92. The summed E-state index contributed by atoms with van der Waals surface area (Å²) in [5.74, 6) is -2.21. The van der Waals surface area contributed by atoms with Crippen molar-refractivity contribution in [2.75, 3.05) is 19.5 Å². The molecular formula is C26H25N3O5S. The molecule has 9 heteroatoms. The van der Waals surface area contributed by atoms with Crippen LogP contribution in [0.3, 0.4) is 0 Å². The van der Waals surface area contributed by atoms with Crippen molar-refractivity contribution in [1.82, 2.24) is 4.98 Å². The van der Waals surface area contributed by atoms with Crippen LogP contribution in [0, 0.1) is 5.92 Å². The highest BCUT2D eigenvalue weighted by Gasteiger charge is 2.42. The molecule has 0 aliphatic carbocycles. The number of carbonyl (C=O) groups excluding carboxylic acids is 2. The van der Waals surface area contributed by atoms with Gasteiger partial charge >= 0.3 is 11.9 Å². The van der Waals surface area contributed by atoms with Gasteiger partial charge in [0, 0.05) is 34.0 Å². The molecule has 3 aromatic rings. The molecule has 0 bridgehead atoms. The predicted molar refractivity (Wildman–Crippen MR) is 135 cm³/mol. The molecule has 1 aliphatic rings. The van der Waals surface area contributed by atoms with Gasteiger partial charge in [-0.1, -0.05) is 24.3 Å². The maximum absolute atomic E-state index is 12.7. The number of esters is 2. The first-order valence-corrected chi connectivity index (χ1v) is 11.7. The molecule has 0 amide bonds. The summed E-state index contributed by atoms with van der Waals surface area (Å²) in [4.78, 5) is 34.5. The van der Waals surface area contributed by atoms with Crippen molar-refractivity contribution in [2.45, 2.75) is 19.8 Å². The molecule has 2 atom stereocenters. The van der Waals surface area contributed by atoms with E-state index in [4.69, 9.17) is 9.47 Å². The number of carbonyl (C=O) groups is 2. The van der Waals surface area contributed by atoms with E-state index in [-0.39, 0.29) is 5.75 Å². The van der Waals surface area contributed by atoms with Crippen LogP contribution < -0.4 is 5.32 Å². The fourth-order valence-electron chi connectivity index (χ4n) is 4.27. The van der Waals surface area contributed by atoms with Gasteiger partial charge in [-0.05, 0) is 43.7 Å². The molecule has 2 heterocycles. The van der Waals surface area contributed by atoms with E-state index in [9.17, 15) is 14.7 Å². The van der Waals surface area contributed by atoms with Crippen molar-refractivity contribution >= 4 is 39.8 Å². The lowest BCUT2D eigenvalue weighted by Gasteiger charge is -2.31. The number of methoxy groups -OCH3 is 2. The molecule has 0 spiro atoms. The smallest absolute Gasteiger partial charge is 0.336 e. The fraction of sp³-hybridized carbons (Fsp3) is 0.231. The first-order chi connectivity index (χ1) is 16.8. The van der Waals surface area contributed by atoms with Crippen LogP contribution in [0.15, 0.2) is 70.2 Å². The largest absolute Gasteiger partial charge is 0.508 e. The molecular weight excluding hydrogens is 466 g/mol.